The number of nitrogens with one attached hydrogen (secondary N) is 1. The Morgan fingerprint density at radius 1 is 1.13 bits per heavy atom. The third-order valence-corrected chi connectivity index (χ3v) is 4.85. The molecule has 23 heavy (non-hydrogen) atoms. The van der Waals surface area contributed by atoms with E-state index in [0.29, 0.717) is 6.54 Å². The van der Waals surface area contributed by atoms with Gasteiger partial charge in [-0.1, -0.05) is 28.1 Å². The fourth-order valence-corrected chi connectivity index (χ4v) is 3.56. The molecule has 3 nitrogen and oxygen atoms in total. The number of fused-ring (bicyclic) bond motifs is 2. The molecule has 2 aromatic rings. The van der Waals surface area contributed by atoms with Crippen LogP contribution in [0, 0.1) is 0 Å². The molecule has 2 aliphatic heterocycles. The number of rotatable bonds is 2. The van der Waals surface area contributed by atoms with E-state index < -0.39 is 0 Å². The van der Waals surface area contributed by atoms with Crippen LogP contribution < -0.4 is 5.32 Å². The van der Waals surface area contributed by atoms with Crippen LogP contribution in [0.15, 0.2) is 52.1 Å². The SMILES string of the molecule is CN1Cc2ccc(NC=C3CN=Cc4ccc(Br)cc43)cc2C1. The minimum atomic E-state index is 0.712. The molecule has 0 bridgehead atoms. The Morgan fingerprint density at radius 3 is 2.91 bits per heavy atom. The van der Waals surface area contributed by atoms with E-state index >= 15 is 0 Å². The second-order valence-corrected chi connectivity index (χ2v) is 7.09. The summed E-state index contributed by atoms with van der Waals surface area (Å²) in [6, 6.07) is 12.9. The van der Waals surface area contributed by atoms with E-state index in [1.54, 1.807) is 0 Å². The maximum Gasteiger partial charge on any atom is 0.0660 e. The van der Waals surface area contributed by atoms with Gasteiger partial charge in [-0.05, 0) is 59.1 Å². The molecule has 0 fully saturated rings. The van der Waals surface area contributed by atoms with Crippen molar-refractivity contribution in [2.45, 2.75) is 13.1 Å². The molecule has 2 aromatic carbocycles. The second-order valence-electron chi connectivity index (χ2n) is 6.17. The average molecular weight is 368 g/mol. The average Bonchev–Trinajstić information content (AvgIpc) is 2.92. The topological polar surface area (TPSA) is 27.6 Å². The maximum atomic E-state index is 4.45. The van der Waals surface area contributed by atoms with Gasteiger partial charge in [0.2, 0.25) is 0 Å². The molecule has 0 aliphatic carbocycles. The zero-order valence-corrected chi connectivity index (χ0v) is 14.6. The quantitative estimate of drug-likeness (QED) is 0.857. The van der Waals surface area contributed by atoms with Crippen LogP contribution in [0.2, 0.25) is 0 Å². The first-order chi connectivity index (χ1) is 11.2. The van der Waals surface area contributed by atoms with Gasteiger partial charge in [-0.15, -0.1) is 0 Å². The molecule has 4 rings (SSSR count). The molecule has 0 atom stereocenters. The number of anilines is 1. The first kappa shape index (κ1) is 14.7. The van der Waals surface area contributed by atoms with E-state index in [4.69, 9.17) is 0 Å². The van der Waals surface area contributed by atoms with Crippen molar-refractivity contribution in [1.82, 2.24) is 4.90 Å². The smallest absolute Gasteiger partial charge is 0.0660 e. The molecule has 0 unspecified atom stereocenters. The largest absolute Gasteiger partial charge is 0.361 e. The van der Waals surface area contributed by atoms with Crippen molar-refractivity contribution in [3.8, 4) is 0 Å². The Hall–Kier alpha value is -1.91. The fourth-order valence-electron chi connectivity index (χ4n) is 3.20. The molecule has 0 saturated heterocycles. The molecule has 0 saturated carbocycles. The van der Waals surface area contributed by atoms with Gasteiger partial charge in [-0.2, -0.15) is 0 Å². The van der Waals surface area contributed by atoms with Crippen molar-refractivity contribution >= 4 is 33.4 Å². The lowest BCUT2D eigenvalue weighted by Crippen LogP contribution is -2.07. The van der Waals surface area contributed by atoms with Crippen LogP contribution in [0.4, 0.5) is 5.69 Å². The van der Waals surface area contributed by atoms with Crippen LogP contribution in [0.25, 0.3) is 5.57 Å². The van der Waals surface area contributed by atoms with Gasteiger partial charge in [0.25, 0.3) is 0 Å². The molecule has 116 valence electrons. The Morgan fingerprint density at radius 2 is 2.00 bits per heavy atom. The van der Waals surface area contributed by atoms with Crippen LogP contribution in [0.3, 0.4) is 0 Å². The molecule has 0 aromatic heterocycles. The van der Waals surface area contributed by atoms with Crippen molar-refractivity contribution in [3.05, 3.63) is 69.3 Å². The lowest BCUT2D eigenvalue weighted by atomic mass is 9.99. The highest BCUT2D eigenvalue weighted by Crippen LogP contribution is 2.27. The number of halogens is 1. The Kier molecular flexibility index (Phi) is 3.79. The first-order valence-corrected chi connectivity index (χ1v) is 8.54. The molecule has 0 amide bonds. The van der Waals surface area contributed by atoms with E-state index in [0.717, 1.165) is 23.2 Å². The zero-order valence-electron chi connectivity index (χ0n) is 13.0. The summed E-state index contributed by atoms with van der Waals surface area (Å²) in [7, 11) is 2.16. The van der Waals surface area contributed by atoms with Crippen LogP contribution in [0.1, 0.15) is 22.3 Å². The van der Waals surface area contributed by atoms with Gasteiger partial charge in [-0.25, -0.2) is 0 Å². The molecule has 4 heteroatoms. The third-order valence-electron chi connectivity index (χ3n) is 4.35. The highest BCUT2D eigenvalue weighted by molar-refractivity contribution is 9.10. The summed E-state index contributed by atoms with van der Waals surface area (Å²) in [4.78, 5) is 6.78. The molecule has 0 radical (unpaired) electrons. The summed E-state index contributed by atoms with van der Waals surface area (Å²) < 4.78 is 1.10. The maximum absolute atomic E-state index is 4.45. The van der Waals surface area contributed by atoms with Gasteiger partial charge in [0, 0.05) is 35.7 Å². The molecule has 2 aliphatic rings. The third kappa shape index (κ3) is 2.96. The van der Waals surface area contributed by atoms with Crippen molar-refractivity contribution in [1.29, 1.82) is 0 Å². The predicted octanol–water partition coefficient (Wildman–Crippen LogP) is 4.28. The zero-order chi connectivity index (χ0) is 15.8. The monoisotopic (exact) mass is 367 g/mol. The summed E-state index contributed by atoms with van der Waals surface area (Å²) in [5, 5.41) is 3.45. The Labute approximate surface area is 144 Å². The van der Waals surface area contributed by atoms with Gasteiger partial charge >= 0.3 is 0 Å². The molecule has 2 heterocycles. The standard InChI is InChI=1S/C19H18BrN3/c1-23-11-14-3-5-18(6-15(14)12-23)22-10-16-9-21-8-13-2-4-17(20)7-19(13)16/h2-8,10,22H,9,11-12H2,1H3. The van der Waals surface area contributed by atoms with Crippen LogP contribution in [0.5, 0.6) is 0 Å². The number of nitrogens with zero attached hydrogens (tertiary/aromatic N) is 2. The highest BCUT2D eigenvalue weighted by Gasteiger charge is 2.15. The number of hydrogen-bond donors (Lipinski definition) is 1. The van der Waals surface area contributed by atoms with Gasteiger partial charge in [0.15, 0.2) is 0 Å². The predicted molar refractivity (Wildman–Crippen MR) is 99.8 cm³/mol. The number of benzene rings is 2. The minimum absolute atomic E-state index is 0.712. The molecular weight excluding hydrogens is 350 g/mol. The molecular formula is C19H18BrN3. The number of hydrogen-bond acceptors (Lipinski definition) is 3. The van der Waals surface area contributed by atoms with Crippen molar-refractivity contribution in [2.24, 2.45) is 4.99 Å². The second kappa shape index (κ2) is 5.95. The summed E-state index contributed by atoms with van der Waals surface area (Å²) in [5.74, 6) is 0. The van der Waals surface area contributed by atoms with Gasteiger partial charge in [0.05, 0.1) is 6.54 Å². The number of aliphatic imine (C=N–C) groups is 1. The minimum Gasteiger partial charge on any atom is -0.361 e. The summed E-state index contributed by atoms with van der Waals surface area (Å²) in [6.07, 6.45) is 4.03. The van der Waals surface area contributed by atoms with E-state index in [1.165, 1.54) is 27.8 Å². The van der Waals surface area contributed by atoms with Crippen LogP contribution in [-0.4, -0.2) is 24.7 Å². The van der Waals surface area contributed by atoms with Crippen LogP contribution in [-0.2, 0) is 13.1 Å². The van der Waals surface area contributed by atoms with E-state index in [-0.39, 0.29) is 0 Å². The van der Waals surface area contributed by atoms with Gasteiger partial charge < -0.3 is 5.32 Å². The molecule has 0 spiro atoms. The van der Waals surface area contributed by atoms with Gasteiger partial charge in [-0.3, -0.25) is 9.89 Å². The van der Waals surface area contributed by atoms with E-state index in [9.17, 15) is 0 Å². The van der Waals surface area contributed by atoms with Crippen molar-refractivity contribution in [2.75, 3.05) is 18.9 Å². The Bertz CT molecular complexity index is 823. The Balaban J connectivity index is 1.60. The lowest BCUT2D eigenvalue weighted by molar-refractivity contribution is 0.353. The van der Waals surface area contributed by atoms with Crippen LogP contribution >= 0.6 is 15.9 Å². The first-order valence-electron chi connectivity index (χ1n) is 7.75. The normalized spacial score (nSPS) is 18.1. The fraction of sp³-hybridized carbons (Fsp3) is 0.211. The van der Waals surface area contributed by atoms with Crippen molar-refractivity contribution < 1.29 is 0 Å². The summed E-state index contributed by atoms with van der Waals surface area (Å²) in [5.41, 5.74) is 7.60. The van der Waals surface area contributed by atoms with E-state index in [2.05, 4.69) is 80.8 Å². The summed E-state index contributed by atoms with van der Waals surface area (Å²) >= 11 is 3.56. The van der Waals surface area contributed by atoms with Crippen molar-refractivity contribution in [3.63, 3.8) is 0 Å². The highest BCUT2D eigenvalue weighted by atomic mass is 79.9. The van der Waals surface area contributed by atoms with Gasteiger partial charge in [0.1, 0.15) is 0 Å². The summed E-state index contributed by atoms with van der Waals surface area (Å²) in [6.45, 7) is 2.79. The molecule has 1 N–H and O–H groups in total. The van der Waals surface area contributed by atoms with E-state index in [1.807, 2.05) is 6.21 Å². The lowest BCUT2D eigenvalue weighted by Gasteiger charge is -2.15.